The third-order valence-corrected chi connectivity index (χ3v) is 6.47. The number of hydrogen-bond acceptors (Lipinski definition) is 5. The Hall–Kier alpha value is -2.38. The van der Waals surface area contributed by atoms with Crippen LogP contribution in [0.3, 0.4) is 0 Å². The van der Waals surface area contributed by atoms with Crippen LogP contribution >= 0.6 is 0 Å². The fourth-order valence-corrected chi connectivity index (χ4v) is 4.91. The van der Waals surface area contributed by atoms with Gasteiger partial charge in [0, 0.05) is 39.9 Å². The van der Waals surface area contributed by atoms with E-state index in [0.717, 1.165) is 43.6 Å². The van der Waals surface area contributed by atoms with E-state index in [1.54, 1.807) is 25.1 Å². The molecule has 1 aromatic carbocycles. The molecule has 7 heteroatoms. The average Bonchev–Trinajstić information content (AvgIpc) is 3.30. The van der Waals surface area contributed by atoms with Crippen molar-refractivity contribution in [3.05, 3.63) is 47.8 Å². The normalized spacial score (nSPS) is 26.5. The van der Waals surface area contributed by atoms with Gasteiger partial charge in [0.2, 0.25) is 5.91 Å². The largest absolute Gasteiger partial charge is 0.508 e. The number of likely N-dealkylation sites (N-methyl/N-ethyl adjacent to an activating group) is 1. The van der Waals surface area contributed by atoms with Crippen molar-refractivity contribution in [2.45, 2.75) is 38.5 Å². The number of aromatic nitrogens is 2. The Kier molecular flexibility index (Phi) is 6.11. The smallest absolute Gasteiger partial charge is 0.248 e. The van der Waals surface area contributed by atoms with Gasteiger partial charge in [0.25, 0.3) is 0 Å². The number of rotatable bonds is 6. The molecular weight excluding hydrogens is 380 g/mol. The summed E-state index contributed by atoms with van der Waals surface area (Å²) in [6.45, 7) is 5.07. The fraction of sp³-hybridized carbons (Fsp3) is 0.565. The molecule has 1 aromatic heterocycles. The molecule has 4 rings (SSSR count). The number of amides is 1. The summed E-state index contributed by atoms with van der Waals surface area (Å²) in [6.07, 6.45) is 5.88. The molecule has 0 bridgehead atoms. The minimum atomic E-state index is -0.0184. The van der Waals surface area contributed by atoms with Crippen molar-refractivity contribution in [3.63, 3.8) is 0 Å². The topological polar surface area (TPSA) is 70.8 Å². The highest BCUT2D eigenvalue weighted by molar-refractivity contribution is 5.76. The van der Waals surface area contributed by atoms with Crippen LogP contribution in [0.2, 0.25) is 0 Å². The maximum Gasteiger partial charge on any atom is 0.248 e. The lowest BCUT2D eigenvalue weighted by Gasteiger charge is -2.38. The Morgan fingerprint density at radius 1 is 1.27 bits per heavy atom. The number of phenolic OH excluding ortho intramolecular Hbond substituents is 1. The summed E-state index contributed by atoms with van der Waals surface area (Å²) in [5, 5.41) is 14.3. The molecule has 1 aliphatic heterocycles. The van der Waals surface area contributed by atoms with Crippen LogP contribution in [-0.2, 0) is 16.1 Å². The lowest BCUT2D eigenvalue weighted by molar-refractivity contribution is -0.138. The van der Waals surface area contributed by atoms with Gasteiger partial charge in [-0.25, -0.2) is 0 Å². The fourth-order valence-electron chi connectivity index (χ4n) is 4.91. The first kappa shape index (κ1) is 20.9. The van der Waals surface area contributed by atoms with E-state index in [1.165, 1.54) is 0 Å². The highest BCUT2D eigenvalue weighted by Gasteiger charge is 2.43. The van der Waals surface area contributed by atoms with E-state index in [9.17, 15) is 9.90 Å². The molecule has 0 radical (unpaired) electrons. The molecule has 0 spiro atoms. The third kappa shape index (κ3) is 4.68. The van der Waals surface area contributed by atoms with Gasteiger partial charge in [0.15, 0.2) is 0 Å². The lowest BCUT2D eigenvalue weighted by atomic mass is 9.77. The predicted octanol–water partition coefficient (Wildman–Crippen LogP) is 2.45. The number of hydrogen-bond donors (Lipinski definition) is 1. The van der Waals surface area contributed by atoms with Crippen molar-refractivity contribution in [2.75, 3.05) is 33.8 Å². The Morgan fingerprint density at radius 2 is 2.03 bits per heavy atom. The van der Waals surface area contributed by atoms with E-state index in [-0.39, 0.29) is 24.7 Å². The number of carbonyl (C=O) groups is 1. The van der Waals surface area contributed by atoms with Crippen LogP contribution in [0, 0.1) is 18.8 Å². The minimum Gasteiger partial charge on any atom is -0.508 e. The van der Waals surface area contributed by atoms with Crippen molar-refractivity contribution in [1.29, 1.82) is 0 Å². The van der Waals surface area contributed by atoms with Crippen molar-refractivity contribution in [3.8, 4) is 5.75 Å². The number of benzene rings is 1. The average molecular weight is 413 g/mol. The molecule has 2 aliphatic rings. The molecule has 1 saturated carbocycles. The van der Waals surface area contributed by atoms with Crippen LogP contribution < -0.4 is 0 Å². The Bertz CT molecular complexity index is 881. The molecule has 1 saturated heterocycles. The Morgan fingerprint density at radius 3 is 2.70 bits per heavy atom. The third-order valence-electron chi connectivity index (χ3n) is 6.47. The molecule has 2 aromatic rings. The van der Waals surface area contributed by atoms with Crippen molar-refractivity contribution < 1.29 is 14.6 Å². The van der Waals surface area contributed by atoms with E-state index in [2.05, 4.69) is 22.3 Å². The molecule has 2 fully saturated rings. The first-order valence-electron chi connectivity index (χ1n) is 10.7. The Balaban J connectivity index is 1.46. The van der Waals surface area contributed by atoms with Crippen LogP contribution in [0.25, 0.3) is 0 Å². The maximum atomic E-state index is 12.1. The summed E-state index contributed by atoms with van der Waals surface area (Å²) >= 11 is 0. The highest BCUT2D eigenvalue weighted by Crippen LogP contribution is 2.42. The van der Waals surface area contributed by atoms with Gasteiger partial charge in [0.05, 0.1) is 18.3 Å². The zero-order chi connectivity index (χ0) is 21.3. The molecule has 2 heterocycles. The minimum absolute atomic E-state index is 0.00977. The predicted molar refractivity (Wildman–Crippen MR) is 114 cm³/mol. The van der Waals surface area contributed by atoms with E-state index in [0.29, 0.717) is 17.6 Å². The zero-order valence-electron chi connectivity index (χ0n) is 18.1. The Labute approximate surface area is 178 Å². The number of nitrogens with zero attached hydrogens (tertiary/aromatic N) is 4. The number of ether oxygens (including phenoxy) is 1. The summed E-state index contributed by atoms with van der Waals surface area (Å²) in [4.78, 5) is 16.1. The second-order valence-corrected chi connectivity index (χ2v) is 9.06. The second-order valence-electron chi connectivity index (χ2n) is 9.06. The zero-order valence-corrected chi connectivity index (χ0v) is 18.1. The molecule has 162 valence electrons. The van der Waals surface area contributed by atoms with Crippen molar-refractivity contribution >= 4 is 5.91 Å². The molecule has 30 heavy (non-hydrogen) atoms. The van der Waals surface area contributed by atoms with Gasteiger partial charge in [-0.3, -0.25) is 14.4 Å². The highest BCUT2D eigenvalue weighted by atomic mass is 16.5. The standard InChI is InChI=1S/C23H32N4O3/c1-16-10-24-27(11-16)21-8-18-13-26(12-17-5-4-6-20(28)7-17)14-19(18)9-22(21)30-15-23(29)25(2)3/h4-7,10-11,18-19,21-22,28H,8-9,12-15H2,1-3H3/t18-,19+,21-,22-/m0/s1. The van der Waals surface area contributed by atoms with Crippen LogP contribution in [0.15, 0.2) is 36.7 Å². The maximum absolute atomic E-state index is 12.1. The van der Waals surface area contributed by atoms with Crippen molar-refractivity contribution in [1.82, 2.24) is 19.6 Å². The first-order chi connectivity index (χ1) is 14.4. The first-order valence-corrected chi connectivity index (χ1v) is 10.7. The van der Waals surface area contributed by atoms with Crippen LogP contribution in [0.5, 0.6) is 5.75 Å². The van der Waals surface area contributed by atoms with Gasteiger partial charge in [-0.15, -0.1) is 0 Å². The van der Waals surface area contributed by atoms with Gasteiger partial charge in [-0.05, 0) is 54.9 Å². The molecule has 0 unspecified atom stereocenters. The molecule has 1 N–H and O–H groups in total. The quantitative estimate of drug-likeness (QED) is 0.789. The van der Waals surface area contributed by atoms with Crippen LogP contribution in [0.1, 0.15) is 30.0 Å². The number of aromatic hydroxyl groups is 1. The molecule has 1 amide bonds. The second kappa shape index (κ2) is 8.78. The van der Waals surface area contributed by atoms with Crippen molar-refractivity contribution in [2.24, 2.45) is 11.8 Å². The SMILES string of the molecule is Cc1cnn([C@H]2C[C@H]3CN(Cc4cccc(O)c4)C[C@H]3C[C@@H]2OCC(=O)N(C)C)c1. The summed E-state index contributed by atoms with van der Waals surface area (Å²) in [5.74, 6) is 1.44. The molecule has 7 nitrogen and oxygen atoms in total. The van der Waals surface area contributed by atoms with Gasteiger partial charge >= 0.3 is 0 Å². The monoisotopic (exact) mass is 412 g/mol. The molecule has 4 atom stereocenters. The van der Waals surface area contributed by atoms with Gasteiger partial charge in [-0.2, -0.15) is 5.10 Å². The summed E-state index contributed by atoms with van der Waals surface area (Å²) in [6, 6.07) is 7.66. The number of carbonyl (C=O) groups excluding carboxylic acids is 1. The summed E-state index contributed by atoms with van der Waals surface area (Å²) < 4.78 is 8.19. The molecule has 1 aliphatic carbocycles. The van der Waals surface area contributed by atoms with E-state index in [4.69, 9.17) is 4.74 Å². The van der Waals surface area contributed by atoms with Crippen LogP contribution in [0.4, 0.5) is 0 Å². The van der Waals surface area contributed by atoms with Gasteiger partial charge in [0.1, 0.15) is 12.4 Å². The van der Waals surface area contributed by atoms with Crippen LogP contribution in [-0.4, -0.2) is 70.5 Å². The van der Waals surface area contributed by atoms with E-state index < -0.39 is 0 Å². The van der Waals surface area contributed by atoms with Gasteiger partial charge < -0.3 is 14.7 Å². The lowest BCUT2D eigenvalue weighted by Crippen LogP contribution is -2.40. The number of likely N-dealkylation sites (tertiary alicyclic amines) is 1. The summed E-state index contributed by atoms with van der Waals surface area (Å²) in [5.41, 5.74) is 2.27. The number of phenols is 1. The van der Waals surface area contributed by atoms with E-state index >= 15 is 0 Å². The summed E-state index contributed by atoms with van der Waals surface area (Å²) in [7, 11) is 3.51. The number of aryl methyl sites for hydroxylation is 1. The number of fused-ring (bicyclic) bond motifs is 1. The van der Waals surface area contributed by atoms with Gasteiger partial charge in [-0.1, -0.05) is 12.1 Å². The molecular formula is C23H32N4O3. The van der Waals surface area contributed by atoms with E-state index in [1.807, 2.05) is 29.9 Å².